The molecule has 1 unspecified atom stereocenters. The highest BCUT2D eigenvalue weighted by Gasteiger charge is 2.25. The number of methoxy groups -OCH3 is 1. The topological polar surface area (TPSA) is 18.5 Å². The Balaban J connectivity index is 2.60. The first-order chi connectivity index (χ1) is 6.24. The Morgan fingerprint density at radius 1 is 1.54 bits per heavy atom. The van der Waals surface area contributed by atoms with E-state index in [-0.39, 0.29) is 0 Å². The number of fused-ring (bicyclic) bond motifs is 1. The third-order valence-corrected chi connectivity index (χ3v) is 2.59. The van der Waals surface area contributed by atoms with Crippen LogP contribution in [0.25, 0.3) is 0 Å². The highest BCUT2D eigenvalue weighted by molar-refractivity contribution is 6.32. The second-order valence-corrected chi connectivity index (χ2v) is 3.61. The van der Waals surface area contributed by atoms with Gasteiger partial charge in [0.15, 0.2) is 0 Å². The van der Waals surface area contributed by atoms with E-state index in [1.54, 1.807) is 13.2 Å². The van der Waals surface area contributed by atoms with Crippen molar-refractivity contribution >= 4 is 11.6 Å². The molecule has 0 aromatic heterocycles. The molecular formula is C10H11ClO2. The lowest BCUT2D eigenvalue weighted by Crippen LogP contribution is -1.96. The normalized spacial score (nSPS) is 19.5. The molecule has 0 bridgehead atoms. The maximum atomic E-state index is 5.99. The molecule has 0 amide bonds. The molecule has 0 fully saturated rings. The lowest BCUT2D eigenvalue weighted by Gasteiger charge is -2.09. The van der Waals surface area contributed by atoms with Crippen molar-refractivity contribution < 1.29 is 9.47 Å². The van der Waals surface area contributed by atoms with Gasteiger partial charge >= 0.3 is 0 Å². The van der Waals surface area contributed by atoms with Gasteiger partial charge in [-0.3, -0.25) is 0 Å². The van der Waals surface area contributed by atoms with Gasteiger partial charge in [0.25, 0.3) is 0 Å². The highest BCUT2D eigenvalue weighted by atomic mass is 35.5. The van der Waals surface area contributed by atoms with E-state index in [9.17, 15) is 0 Å². The summed E-state index contributed by atoms with van der Waals surface area (Å²) in [6.45, 7) is 2.82. The fraction of sp³-hybridized carbons (Fsp3) is 0.400. The molecule has 1 aliphatic heterocycles. The van der Waals surface area contributed by atoms with E-state index >= 15 is 0 Å². The van der Waals surface area contributed by atoms with E-state index in [1.165, 1.54) is 0 Å². The molecule has 2 rings (SSSR count). The first-order valence-electron chi connectivity index (χ1n) is 4.23. The molecule has 0 N–H and O–H groups in total. The summed E-state index contributed by atoms with van der Waals surface area (Å²) in [5.74, 6) is 2.02. The van der Waals surface area contributed by atoms with Gasteiger partial charge in [0.2, 0.25) is 0 Å². The van der Waals surface area contributed by atoms with Crippen LogP contribution in [0.3, 0.4) is 0 Å². The summed E-state index contributed by atoms with van der Waals surface area (Å²) in [5.41, 5.74) is 1.09. The molecule has 70 valence electrons. The maximum absolute atomic E-state index is 5.99. The van der Waals surface area contributed by atoms with E-state index in [0.29, 0.717) is 17.5 Å². The van der Waals surface area contributed by atoms with E-state index in [2.05, 4.69) is 6.92 Å². The molecule has 3 heteroatoms. The van der Waals surface area contributed by atoms with Crippen LogP contribution in [0.4, 0.5) is 0 Å². The Morgan fingerprint density at radius 2 is 2.31 bits per heavy atom. The molecular weight excluding hydrogens is 188 g/mol. The summed E-state index contributed by atoms with van der Waals surface area (Å²) in [6.07, 6.45) is 0. The van der Waals surface area contributed by atoms with Crippen molar-refractivity contribution in [2.75, 3.05) is 13.7 Å². The third kappa shape index (κ3) is 1.25. The van der Waals surface area contributed by atoms with Gasteiger partial charge in [0.05, 0.1) is 18.7 Å². The molecule has 1 heterocycles. The molecule has 0 aliphatic carbocycles. The summed E-state index contributed by atoms with van der Waals surface area (Å²) in [4.78, 5) is 0. The first kappa shape index (κ1) is 8.70. The number of rotatable bonds is 1. The van der Waals surface area contributed by atoms with Crippen molar-refractivity contribution in [3.05, 3.63) is 22.7 Å². The maximum Gasteiger partial charge on any atom is 0.144 e. The van der Waals surface area contributed by atoms with E-state index in [4.69, 9.17) is 21.1 Å². The van der Waals surface area contributed by atoms with E-state index < -0.39 is 0 Å². The summed E-state index contributed by atoms with van der Waals surface area (Å²) >= 11 is 5.99. The fourth-order valence-electron chi connectivity index (χ4n) is 1.65. The lowest BCUT2D eigenvalue weighted by molar-refractivity contribution is 0.337. The van der Waals surface area contributed by atoms with Crippen LogP contribution in [-0.2, 0) is 0 Å². The Labute approximate surface area is 82.4 Å². The summed E-state index contributed by atoms with van der Waals surface area (Å²) in [6, 6.07) is 3.70. The quantitative estimate of drug-likeness (QED) is 0.691. The van der Waals surface area contributed by atoms with Crippen molar-refractivity contribution in [1.29, 1.82) is 0 Å². The predicted molar refractivity (Wildman–Crippen MR) is 51.9 cm³/mol. The second kappa shape index (κ2) is 3.11. The SMILES string of the molecule is COc1c(Cl)ccc2c1C(C)CO2. The Hall–Kier alpha value is -0.890. The lowest BCUT2D eigenvalue weighted by atomic mass is 10.0. The van der Waals surface area contributed by atoms with Crippen LogP contribution in [0.15, 0.2) is 12.1 Å². The van der Waals surface area contributed by atoms with Gasteiger partial charge in [-0.2, -0.15) is 0 Å². The van der Waals surface area contributed by atoms with Crippen molar-refractivity contribution in [2.45, 2.75) is 12.8 Å². The minimum atomic E-state index is 0.364. The standard InChI is InChI=1S/C10H11ClO2/c1-6-5-13-8-4-3-7(11)10(12-2)9(6)8/h3-4,6H,5H2,1-2H3. The molecule has 0 saturated carbocycles. The summed E-state index contributed by atoms with van der Waals surface area (Å²) in [7, 11) is 1.63. The number of hydrogen-bond donors (Lipinski definition) is 0. The molecule has 0 spiro atoms. The third-order valence-electron chi connectivity index (χ3n) is 2.29. The molecule has 0 radical (unpaired) electrons. The van der Waals surface area contributed by atoms with Crippen molar-refractivity contribution in [2.24, 2.45) is 0 Å². The average molecular weight is 199 g/mol. The van der Waals surface area contributed by atoms with Gasteiger partial charge < -0.3 is 9.47 Å². The van der Waals surface area contributed by atoms with Gasteiger partial charge in [-0.25, -0.2) is 0 Å². The van der Waals surface area contributed by atoms with Crippen LogP contribution >= 0.6 is 11.6 Å². The Morgan fingerprint density at radius 3 is 3.00 bits per heavy atom. The minimum absolute atomic E-state index is 0.364. The number of hydrogen-bond acceptors (Lipinski definition) is 2. The highest BCUT2D eigenvalue weighted by Crippen LogP contribution is 2.43. The number of halogens is 1. The largest absolute Gasteiger partial charge is 0.495 e. The van der Waals surface area contributed by atoms with Gasteiger partial charge in [-0.15, -0.1) is 0 Å². The molecule has 0 saturated heterocycles. The van der Waals surface area contributed by atoms with Crippen LogP contribution in [0.5, 0.6) is 11.5 Å². The number of ether oxygens (including phenoxy) is 2. The van der Waals surface area contributed by atoms with Crippen LogP contribution < -0.4 is 9.47 Å². The Bertz CT molecular complexity index is 336. The van der Waals surface area contributed by atoms with Gasteiger partial charge in [-0.05, 0) is 12.1 Å². The van der Waals surface area contributed by atoms with Gasteiger partial charge in [0.1, 0.15) is 11.5 Å². The van der Waals surface area contributed by atoms with E-state index in [0.717, 1.165) is 17.1 Å². The second-order valence-electron chi connectivity index (χ2n) is 3.20. The molecule has 2 nitrogen and oxygen atoms in total. The van der Waals surface area contributed by atoms with Crippen LogP contribution in [0, 0.1) is 0 Å². The summed E-state index contributed by atoms with van der Waals surface area (Å²) in [5, 5.41) is 0.651. The average Bonchev–Trinajstić information content (AvgIpc) is 2.49. The zero-order valence-electron chi connectivity index (χ0n) is 7.63. The molecule has 13 heavy (non-hydrogen) atoms. The zero-order chi connectivity index (χ0) is 9.42. The van der Waals surface area contributed by atoms with E-state index in [1.807, 2.05) is 6.07 Å². The Kier molecular flexibility index (Phi) is 2.08. The fourth-order valence-corrected chi connectivity index (χ4v) is 1.89. The van der Waals surface area contributed by atoms with Crippen molar-refractivity contribution in [3.63, 3.8) is 0 Å². The van der Waals surface area contributed by atoms with Gasteiger partial charge in [0, 0.05) is 11.5 Å². The smallest absolute Gasteiger partial charge is 0.144 e. The van der Waals surface area contributed by atoms with Crippen LogP contribution in [0.2, 0.25) is 5.02 Å². The minimum Gasteiger partial charge on any atom is -0.495 e. The summed E-state index contributed by atoms with van der Waals surface area (Å²) < 4.78 is 10.7. The van der Waals surface area contributed by atoms with Crippen LogP contribution in [0.1, 0.15) is 18.4 Å². The first-order valence-corrected chi connectivity index (χ1v) is 4.61. The number of benzene rings is 1. The zero-order valence-corrected chi connectivity index (χ0v) is 8.39. The van der Waals surface area contributed by atoms with Crippen molar-refractivity contribution in [3.8, 4) is 11.5 Å². The molecule has 1 atom stereocenters. The molecule has 1 aromatic rings. The predicted octanol–water partition coefficient (Wildman–Crippen LogP) is 2.84. The van der Waals surface area contributed by atoms with Crippen molar-refractivity contribution in [1.82, 2.24) is 0 Å². The monoisotopic (exact) mass is 198 g/mol. The van der Waals surface area contributed by atoms with Crippen LogP contribution in [-0.4, -0.2) is 13.7 Å². The van der Waals surface area contributed by atoms with Gasteiger partial charge in [-0.1, -0.05) is 18.5 Å². The molecule has 1 aromatic carbocycles. The molecule has 1 aliphatic rings.